The van der Waals surface area contributed by atoms with Gasteiger partial charge in [0.15, 0.2) is 0 Å². The summed E-state index contributed by atoms with van der Waals surface area (Å²) < 4.78 is 0. The van der Waals surface area contributed by atoms with Gasteiger partial charge in [-0.25, -0.2) is 0 Å². The van der Waals surface area contributed by atoms with Gasteiger partial charge < -0.3 is 9.74 Å². The van der Waals surface area contributed by atoms with Crippen molar-refractivity contribution >= 4 is 11.6 Å². The minimum absolute atomic E-state index is 0.0213. The van der Waals surface area contributed by atoms with Crippen LogP contribution in [0.3, 0.4) is 0 Å². The standard InChI is InChI=1S/C10H9N3O2/c1-4-6-13(7-5-2)10(14)9(8-11)12-15-3/h1-2H,6-7H2,3H3. The molecule has 0 unspecified atom stereocenters. The van der Waals surface area contributed by atoms with Crippen LogP contribution in [0.25, 0.3) is 0 Å². The maximum atomic E-state index is 11.5. The molecular weight excluding hydrogens is 194 g/mol. The summed E-state index contributed by atoms with van der Waals surface area (Å²) in [5.74, 6) is 3.87. The van der Waals surface area contributed by atoms with E-state index in [0.717, 1.165) is 4.90 Å². The summed E-state index contributed by atoms with van der Waals surface area (Å²) in [4.78, 5) is 17.0. The first kappa shape index (κ1) is 12.6. The first-order valence-corrected chi connectivity index (χ1v) is 3.88. The van der Waals surface area contributed by atoms with E-state index < -0.39 is 5.91 Å². The molecule has 0 rings (SSSR count). The number of nitrogens with zero attached hydrogens (tertiary/aromatic N) is 3. The quantitative estimate of drug-likeness (QED) is 0.355. The van der Waals surface area contributed by atoms with E-state index in [1.165, 1.54) is 7.11 Å². The highest BCUT2D eigenvalue weighted by atomic mass is 16.6. The summed E-state index contributed by atoms with van der Waals surface area (Å²) in [5, 5.41) is 11.9. The van der Waals surface area contributed by atoms with Crippen molar-refractivity contribution in [2.75, 3.05) is 20.2 Å². The first-order valence-electron chi connectivity index (χ1n) is 3.88. The third-order valence-electron chi connectivity index (χ3n) is 1.34. The second-order valence-corrected chi connectivity index (χ2v) is 2.30. The Bertz CT molecular complexity index is 363. The van der Waals surface area contributed by atoms with Gasteiger partial charge in [-0.05, 0) is 0 Å². The molecule has 0 saturated carbocycles. The third kappa shape index (κ3) is 3.85. The van der Waals surface area contributed by atoms with E-state index >= 15 is 0 Å². The average molecular weight is 203 g/mol. The maximum Gasteiger partial charge on any atom is 0.288 e. The molecule has 76 valence electrons. The number of rotatable bonds is 4. The molecule has 0 saturated heterocycles. The lowest BCUT2D eigenvalue weighted by molar-refractivity contribution is -0.123. The van der Waals surface area contributed by atoms with Crippen molar-refractivity contribution in [1.29, 1.82) is 5.26 Å². The number of nitriles is 1. The van der Waals surface area contributed by atoms with Gasteiger partial charge in [-0.3, -0.25) is 4.79 Å². The van der Waals surface area contributed by atoms with Crippen molar-refractivity contribution < 1.29 is 9.63 Å². The number of hydrogen-bond acceptors (Lipinski definition) is 4. The molecule has 1 amide bonds. The van der Waals surface area contributed by atoms with Gasteiger partial charge >= 0.3 is 0 Å². The molecular formula is C10H9N3O2. The summed E-state index contributed by atoms with van der Waals surface area (Å²) in [7, 11) is 1.23. The fourth-order valence-electron chi connectivity index (χ4n) is 0.768. The molecule has 0 N–H and O–H groups in total. The molecule has 0 bridgehead atoms. The van der Waals surface area contributed by atoms with Crippen LogP contribution in [0.2, 0.25) is 0 Å². The smallest absolute Gasteiger partial charge is 0.288 e. The van der Waals surface area contributed by atoms with Gasteiger partial charge in [0.1, 0.15) is 13.2 Å². The van der Waals surface area contributed by atoms with Crippen molar-refractivity contribution in [3.8, 4) is 30.8 Å². The summed E-state index contributed by atoms with van der Waals surface area (Å²) in [6, 6.07) is 1.60. The second-order valence-electron chi connectivity index (χ2n) is 2.30. The molecule has 15 heavy (non-hydrogen) atoms. The van der Waals surface area contributed by atoms with Crippen LogP contribution in [0.5, 0.6) is 0 Å². The number of terminal acetylenes is 2. The normalized spacial score (nSPS) is 9.33. The van der Waals surface area contributed by atoms with Crippen LogP contribution in [0.4, 0.5) is 0 Å². The van der Waals surface area contributed by atoms with Crippen molar-refractivity contribution in [2.24, 2.45) is 5.16 Å². The Labute approximate surface area is 88.3 Å². The molecule has 0 radical (unpaired) electrons. The van der Waals surface area contributed by atoms with Crippen LogP contribution in [-0.2, 0) is 9.63 Å². The third-order valence-corrected chi connectivity index (χ3v) is 1.34. The minimum atomic E-state index is -0.643. The lowest BCUT2D eigenvalue weighted by atomic mass is 10.3. The Morgan fingerprint density at radius 1 is 1.47 bits per heavy atom. The molecule has 0 atom stereocenters. The number of carbonyl (C=O) groups excluding carboxylic acids is 1. The van der Waals surface area contributed by atoms with Crippen molar-refractivity contribution in [1.82, 2.24) is 4.90 Å². The number of oxime groups is 1. The van der Waals surface area contributed by atoms with Gasteiger partial charge in [0.2, 0.25) is 5.71 Å². The van der Waals surface area contributed by atoms with Crippen molar-refractivity contribution in [2.45, 2.75) is 0 Å². The van der Waals surface area contributed by atoms with Crippen LogP contribution < -0.4 is 0 Å². The first-order chi connectivity index (χ1) is 7.21. The Morgan fingerprint density at radius 3 is 2.33 bits per heavy atom. The molecule has 0 aromatic heterocycles. The van der Waals surface area contributed by atoms with Gasteiger partial charge in [-0.2, -0.15) is 5.26 Å². The summed E-state index contributed by atoms with van der Waals surface area (Å²) in [5.41, 5.74) is -0.386. The predicted octanol–water partition coefficient (Wildman–Crippen LogP) is -0.393. The molecule has 0 aromatic carbocycles. The van der Waals surface area contributed by atoms with E-state index in [1.807, 2.05) is 0 Å². The van der Waals surface area contributed by atoms with Crippen LogP contribution in [0.1, 0.15) is 0 Å². The molecule has 0 heterocycles. The second kappa shape index (κ2) is 7.00. The molecule has 5 heteroatoms. The van der Waals surface area contributed by atoms with Crippen LogP contribution in [-0.4, -0.2) is 36.7 Å². The highest BCUT2D eigenvalue weighted by Gasteiger charge is 2.18. The predicted molar refractivity (Wildman–Crippen MR) is 54.3 cm³/mol. The summed E-state index contributed by atoms with van der Waals surface area (Å²) in [6.07, 6.45) is 10.1. The maximum absolute atomic E-state index is 11.5. The van der Waals surface area contributed by atoms with Gasteiger partial charge in [-0.15, -0.1) is 12.8 Å². The highest BCUT2D eigenvalue weighted by Crippen LogP contribution is 1.92. The Kier molecular flexibility index (Phi) is 5.86. The lowest BCUT2D eigenvalue weighted by Gasteiger charge is -2.15. The van der Waals surface area contributed by atoms with Gasteiger partial charge in [-0.1, -0.05) is 17.0 Å². The zero-order valence-electron chi connectivity index (χ0n) is 8.23. The van der Waals surface area contributed by atoms with Crippen LogP contribution >= 0.6 is 0 Å². The molecule has 0 fully saturated rings. The Hall–Kier alpha value is -2.45. The minimum Gasteiger partial charge on any atom is -0.398 e. The van der Waals surface area contributed by atoms with E-state index in [0.29, 0.717) is 0 Å². The summed E-state index contributed by atoms with van der Waals surface area (Å²) >= 11 is 0. The fourth-order valence-corrected chi connectivity index (χ4v) is 0.768. The van der Waals surface area contributed by atoms with E-state index in [-0.39, 0.29) is 18.8 Å². The van der Waals surface area contributed by atoms with Crippen molar-refractivity contribution in [3.05, 3.63) is 0 Å². The monoisotopic (exact) mass is 203 g/mol. The number of amides is 1. The fraction of sp³-hybridized carbons (Fsp3) is 0.300. The number of hydrogen-bond donors (Lipinski definition) is 0. The van der Waals surface area contributed by atoms with Gasteiger partial charge in [0, 0.05) is 0 Å². The zero-order chi connectivity index (χ0) is 11.7. The van der Waals surface area contributed by atoms with E-state index in [9.17, 15) is 4.79 Å². The van der Waals surface area contributed by atoms with Crippen LogP contribution in [0.15, 0.2) is 5.16 Å². The van der Waals surface area contributed by atoms with E-state index in [2.05, 4.69) is 21.8 Å². The number of carbonyl (C=O) groups is 1. The molecule has 0 aliphatic carbocycles. The van der Waals surface area contributed by atoms with Crippen LogP contribution in [0, 0.1) is 36.0 Å². The Morgan fingerprint density at radius 2 is 2.00 bits per heavy atom. The summed E-state index contributed by atoms with van der Waals surface area (Å²) in [6.45, 7) is 0.0426. The van der Waals surface area contributed by atoms with Crippen molar-refractivity contribution in [3.63, 3.8) is 0 Å². The van der Waals surface area contributed by atoms with E-state index in [4.69, 9.17) is 18.1 Å². The topological polar surface area (TPSA) is 65.7 Å². The van der Waals surface area contributed by atoms with E-state index in [1.54, 1.807) is 6.07 Å². The Balaban J connectivity index is 4.80. The highest BCUT2D eigenvalue weighted by molar-refractivity contribution is 6.44. The molecule has 0 spiro atoms. The molecule has 0 aliphatic heterocycles. The average Bonchev–Trinajstić information content (AvgIpc) is 2.24. The SMILES string of the molecule is C#CCN(CC#C)C(=O)C(C#N)=NOC. The largest absolute Gasteiger partial charge is 0.398 e. The van der Waals surface area contributed by atoms with Gasteiger partial charge in [0.05, 0.1) is 13.1 Å². The van der Waals surface area contributed by atoms with Gasteiger partial charge in [0.25, 0.3) is 5.91 Å². The lowest BCUT2D eigenvalue weighted by Crippen LogP contribution is -2.36. The molecule has 0 aliphatic rings. The molecule has 5 nitrogen and oxygen atoms in total. The zero-order valence-corrected chi connectivity index (χ0v) is 8.23. The molecule has 0 aromatic rings.